The molecule has 5 nitrogen and oxygen atoms in total. The van der Waals surface area contributed by atoms with E-state index in [-0.39, 0.29) is 12.5 Å². The molecule has 0 unspecified atom stereocenters. The van der Waals surface area contributed by atoms with Crippen molar-refractivity contribution in [3.05, 3.63) is 47.8 Å². The first-order chi connectivity index (χ1) is 10.2. The Kier molecular flexibility index (Phi) is 5.11. The third-order valence-electron chi connectivity index (χ3n) is 2.88. The van der Waals surface area contributed by atoms with Gasteiger partial charge in [0.25, 0.3) is 0 Å². The van der Waals surface area contributed by atoms with Gasteiger partial charge in [-0.15, -0.1) is 10.2 Å². The predicted molar refractivity (Wildman–Crippen MR) is 80.6 cm³/mol. The lowest BCUT2D eigenvalue weighted by molar-refractivity contribution is -0.126. The Labute approximate surface area is 128 Å². The van der Waals surface area contributed by atoms with Crippen LogP contribution in [0.25, 0.3) is 11.5 Å². The zero-order valence-corrected chi connectivity index (χ0v) is 12.5. The van der Waals surface area contributed by atoms with Gasteiger partial charge >= 0.3 is 0 Å². The van der Waals surface area contributed by atoms with Crippen molar-refractivity contribution in [1.82, 2.24) is 15.1 Å². The van der Waals surface area contributed by atoms with Gasteiger partial charge in [-0.2, -0.15) is 0 Å². The van der Waals surface area contributed by atoms with Gasteiger partial charge in [0, 0.05) is 6.54 Å². The maximum atomic E-state index is 11.7. The van der Waals surface area contributed by atoms with E-state index in [1.807, 2.05) is 19.1 Å². The van der Waals surface area contributed by atoms with Crippen LogP contribution in [0.15, 0.2) is 41.3 Å². The number of benzene rings is 1. The second-order valence-corrected chi connectivity index (χ2v) is 4.85. The van der Waals surface area contributed by atoms with Crippen molar-refractivity contribution in [3.63, 3.8) is 0 Å². The molecule has 0 N–H and O–H groups in total. The molecule has 1 aromatic heterocycles. The Morgan fingerprint density at radius 1 is 1.43 bits per heavy atom. The summed E-state index contributed by atoms with van der Waals surface area (Å²) in [6.45, 7) is 6.35. The average Bonchev–Trinajstić information content (AvgIpc) is 2.95. The summed E-state index contributed by atoms with van der Waals surface area (Å²) in [5, 5.41) is 8.49. The first kappa shape index (κ1) is 15.3. The minimum absolute atomic E-state index is 0.158. The fourth-order valence-corrected chi connectivity index (χ4v) is 2.11. The number of rotatable bonds is 6. The van der Waals surface area contributed by atoms with Gasteiger partial charge in [-0.25, -0.2) is 0 Å². The van der Waals surface area contributed by atoms with E-state index in [0.717, 1.165) is 6.42 Å². The fraction of sp³-hybridized carbons (Fsp3) is 0.267. The van der Waals surface area contributed by atoms with E-state index in [1.165, 1.54) is 6.08 Å². The van der Waals surface area contributed by atoms with Crippen molar-refractivity contribution in [2.45, 2.75) is 19.9 Å². The van der Waals surface area contributed by atoms with Gasteiger partial charge in [0.05, 0.1) is 17.1 Å². The zero-order chi connectivity index (χ0) is 15.2. The van der Waals surface area contributed by atoms with E-state index in [4.69, 9.17) is 16.0 Å². The van der Waals surface area contributed by atoms with Crippen LogP contribution >= 0.6 is 11.6 Å². The molecule has 21 heavy (non-hydrogen) atoms. The lowest BCUT2D eigenvalue weighted by Gasteiger charge is -2.17. The minimum atomic E-state index is -0.158. The third kappa shape index (κ3) is 3.70. The molecule has 0 radical (unpaired) electrons. The number of carbonyl (C=O) groups excluding carboxylic acids is 1. The molecule has 0 bridgehead atoms. The summed E-state index contributed by atoms with van der Waals surface area (Å²) in [7, 11) is 0. The number of hydrogen-bond donors (Lipinski definition) is 0. The van der Waals surface area contributed by atoms with Crippen molar-refractivity contribution < 1.29 is 9.21 Å². The zero-order valence-electron chi connectivity index (χ0n) is 11.8. The number of hydrogen-bond acceptors (Lipinski definition) is 4. The Bertz CT molecular complexity index is 639. The molecule has 1 amide bonds. The van der Waals surface area contributed by atoms with E-state index >= 15 is 0 Å². The number of nitrogens with zero attached hydrogens (tertiary/aromatic N) is 3. The van der Waals surface area contributed by atoms with Crippen LogP contribution in [-0.2, 0) is 11.3 Å². The van der Waals surface area contributed by atoms with Crippen molar-refractivity contribution in [2.75, 3.05) is 6.54 Å². The van der Waals surface area contributed by atoms with Gasteiger partial charge in [-0.05, 0) is 24.6 Å². The smallest absolute Gasteiger partial charge is 0.249 e. The summed E-state index contributed by atoms with van der Waals surface area (Å²) in [6.07, 6.45) is 2.12. The van der Waals surface area contributed by atoms with Gasteiger partial charge in [0.2, 0.25) is 17.7 Å². The lowest BCUT2D eigenvalue weighted by atomic mass is 10.2. The number of carbonyl (C=O) groups is 1. The van der Waals surface area contributed by atoms with Crippen molar-refractivity contribution in [2.24, 2.45) is 0 Å². The Morgan fingerprint density at radius 2 is 2.19 bits per heavy atom. The topological polar surface area (TPSA) is 59.2 Å². The summed E-state index contributed by atoms with van der Waals surface area (Å²) in [5.74, 6) is 0.556. The molecule has 1 heterocycles. The monoisotopic (exact) mass is 305 g/mol. The van der Waals surface area contributed by atoms with Crippen LogP contribution in [-0.4, -0.2) is 27.5 Å². The maximum absolute atomic E-state index is 11.7. The van der Waals surface area contributed by atoms with Gasteiger partial charge in [0.15, 0.2) is 0 Å². The highest BCUT2D eigenvalue weighted by Crippen LogP contribution is 2.26. The van der Waals surface area contributed by atoms with Crippen molar-refractivity contribution >= 4 is 17.5 Å². The van der Waals surface area contributed by atoms with Gasteiger partial charge < -0.3 is 9.32 Å². The normalized spacial score (nSPS) is 10.4. The van der Waals surface area contributed by atoms with Gasteiger partial charge in [-0.3, -0.25) is 4.79 Å². The number of amides is 1. The van der Waals surface area contributed by atoms with E-state index in [2.05, 4.69) is 16.8 Å². The molecule has 110 valence electrons. The summed E-state index contributed by atoms with van der Waals surface area (Å²) < 4.78 is 5.59. The minimum Gasteiger partial charge on any atom is -0.419 e. The van der Waals surface area contributed by atoms with Crippen LogP contribution in [0.4, 0.5) is 0 Å². The molecular weight excluding hydrogens is 290 g/mol. The summed E-state index contributed by atoms with van der Waals surface area (Å²) >= 11 is 6.09. The van der Waals surface area contributed by atoms with Crippen LogP contribution in [0, 0.1) is 0 Å². The second kappa shape index (κ2) is 7.04. The van der Waals surface area contributed by atoms with Crippen LogP contribution in [0.1, 0.15) is 19.2 Å². The molecule has 1 aromatic carbocycles. The van der Waals surface area contributed by atoms with E-state index < -0.39 is 0 Å². The Morgan fingerprint density at radius 3 is 2.86 bits per heavy atom. The molecular formula is C15H16ClN3O2. The number of halogens is 1. The van der Waals surface area contributed by atoms with Gasteiger partial charge in [-0.1, -0.05) is 37.2 Å². The molecule has 0 aliphatic heterocycles. The highest BCUT2D eigenvalue weighted by molar-refractivity contribution is 6.33. The molecule has 2 rings (SSSR count). The van der Waals surface area contributed by atoms with Gasteiger partial charge in [0.1, 0.15) is 0 Å². The molecule has 0 fully saturated rings. The highest BCUT2D eigenvalue weighted by Gasteiger charge is 2.16. The van der Waals surface area contributed by atoms with Crippen LogP contribution < -0.4 is 0 Å². The lowest BCUT2D eigenvalue weighted by Crippen LogP contribution is -2.29. The molecule has 0 aliphatic carbocycles. The molecule has 6 heteroatoms. The highest BCUT2D eigenvalue weighted by atomic mass is 35.5. The van der Waals surface area contributed by atoms with E-state index in [0.29, 0.717) is 28.9 Å². The summed E-state index contributed by atoms with van der Waals surface area (Å²) in [4.78, 5) is 13.3. The van der Waals surface area contributed by atoms with Crippen molar-refractivity contribution in [1.29, 1.82) is 0 Å². The largest absolute Gasteiger partial charge is 0.419 e. The molecule has 0 aliphatic rings. The quantitative estimate of drug-likeness (QED) is 0.768. The molecule has 0 saturated heterocycles. The van der Waals surface area contributed by atoms with Crippen LogP contribution in [0.3, 0.4) is 0 Å². The summed E-state index contributed by atoms with van der Waals surface area (Å²) in [6, 6.07) is 7.23. The maximum Gasteiger partial charge on any atom is 0.249 e. The van der Waals surface area contributed by atoms with E-state index in [1.54, 1.807) is 17.0 Å². The average molecular weight is 306 g/mol. The Balaban J connectivity index is 2.18. The second-order valence-electron chi connectivity index (χ2n) is 4.44. The summed E-state index contributed by atoms with van der Waals surface area (Å²) in [5.41, 5.74) is 0.676. The van der Waals surface area contributed by atoms with Crippen molar-refractivity contribution in [3.8, 4) is 11.5 Å². The third-order valence-corrected chi connectivity index (χ3v) is 3.21. The number of aromatic nitrogens is 2. The molecule has 0 atom stereocenters. The Hall–Kier alpha value is -2.14. The standard InChI is InChI=1S/C15H16ClN3O2/c1-3-9-19(14(20)4-2)10-13-17-18-15(21-13)11-7-5-6-8-12(11)16/h4-8H,2-3,9-10H2,1H3. The first-order valence-corrected chi connectivity index (χ1v) is 7.02. The molecule has 0 saturated carbocycles. The first-order valence-electron chi connectivity index (χ1n) is 6.64. The van der Waals surface area contributed by atoms with E-state index in [9.17, 15) is 4.79 Å². The molecule has 2 aromatic rings. The predicted octanol–water partition coefficient (Wildman–Crippen LogP) is 3.31. The SMILES string of the molecule is C=CC(=O)N(CCC)Cc1nnc(-c2ccccc2Cl)o1. The fourth-order valence-electron chi connectivity index (χ4n) is 1.89. The van der Waals surface area contributed by atoms with Crippen LogP contribution in [0.2, 0.25) is 5.02 Å². The molecule has 0 spiro atoms. The van der Waals surface area contributed by atoms with Crippen LogP contribution in [0.5, 0.6) is 0 Å².